The molecule has 1 aromatic carbocycles. The molecular formula is C14H23NO. The number of hydrogen-bond acceptors (Lipinski definition) is 2. The number of aryl methyl sites for hydroxylation is 1. The van der Waals surface area contributed by atoms with Crippen LogP contribution in [0.4, 0.5) is 0 Å². The molecule has 2 heteroatoms. The third-order valence-electron chi connectivity index (χ3n) is 2.72. The monoisotopic (exact) mass is 221 g/mol. The molecule has 0 saturated carbocycles. The first-order valence-corrected chi connectivity index (χ1v) is 6.06. The van der Waals surface area contributed by atoms with E-state index >= 15 is 0 Å². The van der Waals surface area contributed by atoms with E-state index in [-0.39, 0.29) is 0 Å². The Balaban J connectivity index is 2.44. The fourth-order valence-corrected chi connectivity index (χ4v) is 1.88. The maximum absolute atomic E-state index is 5.13. The minimum Gasteiger partial charge on any atom is -0.380 e. The minimum absolute atomic E-state index is 0.594. The summed E-state index contributed by atoms with van der Waals surface area (Å²) < 4.78 is 5.13. The second kappa shape index (κ2) is 7.42. The number of methoxy groups -OCH3 is 1. The molecule has 0 saturated heterocycles. The quantitative estimate of drug-likeness (QED) is 0.764. The molecule has 0 bridgehead atoms. The minimum atomic E-state index is 0.594. The smallest absolute Gasteiger partial charge is 0.0713 e. The van der Waals surface area contributed by atoms with Gasteiger partial charge >= 0.3 is 0 Å². The van der Waals surface area contributed by atoms with Crippen LogP contribution in [0.15, 0.2) is 24.3 Å². The number of nitrogens with one attached hydrogen (secondary N) is 1. The second-order valence-corrected chi connectivity index (χ2v) is 4.25. The molecule has 1 N–H and O–H groups in total. The normalized spacial score (nSPS) is 12.7. The summed E-state index contributed by atoms with van der Waals surface area (Å²) in [6, 6.07) is 9.25. The lowest BCUT2D eigenvalue weighted by Crippen LogP contribution is -2.25. The van der Waals surface area contributed by atoms with Gasteiger partial charge in [0.15, 0.2) is 0 Å². The summed E-state index contributed by atoms with van der Waals surface area (Å²) in [7, 11) is 1.74. The Morgan fingerprint density at radius 1 is 1.31 bits per heavy atom. The predicted octanol–water partition coefficient (Wildman–Crippen LogP) is 2.76. The first-order valence-electron chi connectivity index (χ1n) is 6.06. The molecular weight excluding hydrogens is 198 g/mol. The van der Waals surface area contributed by atoms with E-state index < -0.39 is 0 Å². The Labute approximate surface area is 99.0 Å². The van der Waals surface area contributed by atoms with E-state index in [1.165, 1.54) is 17.5 Å². The van der Waals surface area contributed by atoms with Crippen LogP contribution in [-0.4, -0.2) is 19.7 Å². The number of ether oxygens (including phenoxy) is 1. The van der Waals surface area contributed by atoms with Gasteiger partial charge in [0, 0.05) is 13.2 Å². The molecule has 0 aliphatic rings. The summed E-state index contributed by atoms with van der Waals surface area (Å²) in [4.78, 5) is 0. The lowest BCUT2D eigenvalue weighted by molar-refractivity contribution is 0.185. The Hall–Kier alpha value is -0.860. The van der Waals surface area contributed by atoms with Crippen LogP contribution in [0, 0.1) is 0 Å². The van der Waals surface area contributed by atoms with E-state index in [2.05, 4.69) is 43.4 Å². The molecule has 0 fully saturated rings. The highest BCUT2D eigenvalue weighted by Gasteiger charge is 2.01. The first kappa shape index (κ1) is 13.2. The van der Waals surface area contributed by atoms with Crippen LogP contribution in [0.3, 0.4) is 0 Å². The first-order chi connectivity index (χ1) is 7.76. The standard InChI is InChI=1S/C14H23NO/c1-4-15-12(2)8-9-13-6-5-7-14(10-13)11-16-3/h5-7,10,12,15H,4,8-9,11H2,1-3H3. The van der Waals surface area contributed by atoms with Crippen molar-refractivity contribution in [2.45, 2.75) is 39.3 Å². The van der Waals surface area contributed by atoms with Crippen LogP contribution in [0.25, 0.3) is 0 Å². The van der Waals surface area contributed by atoms with Crippen molar-refractivity contribution < 1.29 is 4.74 Å². The second-order valence-electron chi connectivity index (χ2n) is 4.25. The highest BCUT2D eigenvalue weighted by Crippen LogP contribution is 2.09. The third kappa shape index (κ3) is 4.77. The summed E-state index contributed by atoms with van der Waals surface area (Å²) >= 11 is 0. The molecule has 2 nitrogen and oxygen atoms in total. The summed E-state index contributed by atoms with van der Waals surface area (Å²) in [5.41, 5.74) is 2.66. The molecule has 0 heterocycles. The van der Waals surface area contributed by atoms with Crippen molar-refractivity contribution in [1.29, 1.82) is 0 Å². The van der Waals surface area contributed by atoms with E-state index in [9.17, 15) is 0 Å². The lowest BCUT2D eigenvalue weighted by atomic mass is 10.0. The van der Waals surface area contributed by atoms with Crippen molar-refractivity contribution in [3.05, 3.63) is 35.4 Å². The number of benzene rings is 1. The lowest BCUT2D eigenvalue weighted by Gasteiger charge is -2.12. The van der Waals surface area contributed by atoms with E-state index in [1.54, 1.807) is 7.11 Å². The topological polar surface area (TPSA) is 21.3 Å². The summed E-state index contributed by atoms with van der Waals surface area (Å²) in [6.45, 7) is 6.14. The predicted molar refractivity (Wildman–Crippen MR) is 68.6 cm³/mol. The van der Waals surface area contributed by atoms with E-state index in [4.69, 9.17) is 4.74 Å². The number of rotatable bonds is 7. The Morgan fingerprint density at radius 3 is 2.75 bits per heavy atom. The molecule has 0 spiro atoms. The third-order valence-corrected chi connectivity index (χ3v) is 2.72. The summed E-state index contributed by atoms with van der Waals surface area (Å²) in [5.74, 6) is 0. The Kier molecular flexibility index (Phi) is 6.12. The largest absolute Gasteiger partial charge is 0.380 e. The maximum Gasteiger partial charge on any atom is 0.0713 e. The summed E-state index contributed by atoms with van der Waals surface area (Å²) in [5, 5.41) is 3.43. The molecule has 90 valence electrons. The Bertz CT molecular complexity index is 299. The van der Waals surface area contributed by atoms with Crippen LogP contribution < -0.4 is 5.32 Å². The zero-order valence-electron chi connectivity index (χ0n) is 10.6. The zero-order valence-corrected chi connectivity index (χ0v) is 10.6. The van der Waals surface area contributed by atoms with Crippen molar-refractivity contribution in [2.75, 3.05) is 13.7 Å². The fraction of sp³-hybridized carbons (Fsp3) is 0.571. The van der Waals surface area contributed by atoms with Gasteiger partial charge in [-0.15, -0.1) is 0 Å². The molecule has 1 aromatic rings. The van der Waals surface area contributed by atoms with Gasteiger partial charge in [-0.2, -0.15) is 0 Å². The van der Waals surface area contributed by atoms with Gasteiger partial charge < -0.3 is 10.1 Å². The molecule has 0 amide bonds. The van der Waals surface area contributed by atoms with E-state index in [0.29, 0.717) is 12.6 Å². The molecule has 16 heavy (non-hydrogen) atoms. The molecule has 1 atom stereocenters. The molecule has 0 aromatic heterocycles. The van der Waals surface area contributed by atoms with Crippen molar-refractivity contribution in [2.24, 2.45) is 0 Å². The van der Waals surface area contributed by atoms with Crippen molar-refractivity contribution >= 4 is 0 Å². The van der Waals surface area contributed by atoms with Gasteiger partial charge in [-0.25, -0.2) is 0 Å². The van der Waals surface area contributed by atoms with Crippen LogP contribution >= 0.6 is 0 Å². The van der Waals surface area contributed by atoms with E-state index in [1.807, 2.05) is 0 Å². The average molecular weight is 221 g/mol. The zero-order chi connectivity index (χ0) is 11.8. The molecule has 0 aliphatic carbocycles. The average Bonchev–Trinajstić information content (AvgIpc) is 2.28. The fourth-order valence-electron chi connectivity index (χ4n) is 1.88. The SMILES string of the molecule is CCNC(C)CCc1cccc(COC)c1. The molecule has 1 rings (SSSR count). The van der Waals surface area contributed by atoms with Gasteiger partial charge in [0.2, 0.25) is 0 Å². The van der Waals surface area contributed by atoms with Gasteiger partial charge in [-0.1, -0.05) is 31.2 Å². The number of hydrogen-bond donors (Lipinski definition) is 1. The van der Waals surface area contributed by atoms with Crippen LogP contribution in [0.2, 0.25) is 0 Å². The Morgan fingerprint density at radius 2 is 2.06 bits per heavy atom. The van der Waals surface area contributed by atoms with Gasteiger partial charge in [0.25, 0.3) is 0 Å². The van der Waals surface area contributed by atoms with Crippen molar-refractivity contribution in [1.82, 2.24) is 5.32 Å². The van der Waals surface area contributed by atoms with Gasteiger partial charge in [-0.05, 0) is 37.4 Å². The highest BCUT2D eigenvalue weighted by molar-refractivity contribution is 5.23. The molecule has 0 radical (unpaired) electrons. The molecule has 0 aliphatic heterocycles. The summed E-state index contributed by atoms with van der Waals surface area (Å²) in [6.07, 6.45) is 2.32. The van der Waals surface area contributed by atoms with Crippen LogP contribution in [-0.2, 0) is 17.8 Å². The van der Waals surface area contributed by atoms with Crippen LogP contribution in [0.1, 0.15) is 31.4 Å². The van der Waals surface area contributed by atoms with Crippen molar-refractivity contribution in [3.8, 4) is 0 Å². The highest BCUT2D eigenvalue weighted by atomic mass is 16.5. The maximum atomic E-state index is 5.13. The van der Waals surface area contributed by atoms with Gasteiger partial charge in [0.05, 0.1) is 6.61 Å². The van der Waals surface area contributed by atoms with Gasteiger partial charge in [-0.3, -0.25) is 0 Å². The molecule has 1 unspecified atom stereocenters. The van der Waals surface area contributed by atoms with E-state index in [0.717, 1.165) is 13.0 Å². The van der Waals surface area contributed by atoms with Crippen molar-refractivity contribution in [3.63, 3.8) is 0 Å². The van der Waals surface area contributed by atoms with Crippen LogP contribution in [0.5, 0.6) is 0 Å². The van der Waals surface area contributed by atoms with Gasteiger partial charge in [0.1, 0.15) is 0 Å².